The van der Waals surface area contributed by atoms with E-state index in [1.54, 1.807) is 0 Å². The molecule has 3 N–H and O–H groups in total. The van der Waals surface area contributed by atoms with Crippen LogP contribution in [0.5, 0.6) is 0 Å². The zero-order valence-electron chi connectivity index (χ0n) is 10.8. The van der Waals surface area contributed by atoms with Gasteiger partial charge in [-0.3, -0.25) is 0 Å². The number of rotatable bonds is 6. The van der Waals surface area contributed by atoms with Crippen LogP contribution in [0, 0.1) is 0 Å². The van der Waals surface area contributed by atoms with Crippen molar-refractivity contribution in [3.05, 3.63) is 35.9 Å². The molecule has 3 heteroatoms. The van der Waals surface area contributed by atoms with E-state index in [4.69, 9.17) is 5.73 Å². The molecule has 0 amide bonds. The van der Waals surface area contributed by atoms with E-state index < -0.39 is 6.10 Å². The van der Waals surface area contributed by atoms with Gasteiger partial charge in [0, 0.05) is 17.0 Å². The molecule has 100 valence electrons. The average Bonchev–Trinajstić information content (AvgIpc) is 2.90. The highest BCUT2D eigenvalue weighted by Gasteiger charge is 2.20. The summed E-state index contributed by atoms with van der Waals surface area (Å²) in [6.07, 6.45) is 5.69. The molecule has 0 saturated heterocycles. The van der Waals surface area contributed by atoms with Gasteiger partial charge >= 0.3 is 0 Å². The molecule has 0 radical (unpaired) electrons. The maximum absolute atomic E-state index is 10.1. The summed E-state index contributed by atoms with van der Waals surface area (Å²) in [6, 6.07) is 10.0. The van der Waals surface area contributed by atoms with Crippen LogP contribution in [0.25, 0.3) is 0 Å². The molecule has 1 aliphatic rings. The van der Waals surface area contributed by atoms with Gasteiger partial charge in [0.25, 0.3) is 0 Å². The molecular weight excluding hydrogens is 242 g/mol. The number of benzene rings is 1. The van der Waals surface area contributed by atoms with Gasteiger partial charge in [-0.05, 0) is 24.8 Å². The Hall–Kier alpha value is -0.510. The van der Waals surface area contributed by atoms with Crippen molar-refractivity contribution in [1.29, 1.82) is 0 Å². The lowest BCUT2D eigenvalue weighted by molar-refractivity contribution is 0.167. The largest absolute Gasteiger partial charge is 0.391 e. The van der Waals surface area contributed by atoms with Gasteiger partial charge in [0.1, 0.15) is 0 Å². The van der Waals surface area contributed by atoms with Crippen molar-refractivity contribution in [1.82, 2.24) is 0 Å². The maximum Gasteiger partial charge on any atom is 0.0784 e. The second-order valence-electron chi connectivity index (χ2n) is 5.16. The summed E-state index contributed by atoms with van der Waals surface area (Å²) < 4.78 is 0. The molecular formula is C15H23NOS. The van der Waals surface area contributed by atoms with E-state index in [1.165, 1.54) is 31.2 Å². The molecule has 1 aliphatic carbocycles. The van der Waals surface area contributed by atoms with E-state index in [9.17, 15) is 5.11 Å². The zero-order valence-corrected chi connectivity index (χ0v) is 11.6. The van der Waals surface area contributed by atoms with Crippen molar-refractivity contribution < 1.29 is 5.11 Å². The summed E-state index contributed by atoms with van der Waals surface area (Å²) in [5.74, 6) is 0.776. The van der Waals surface area contributed by atoms with Crippen molar-refractivity contribution in [3.8, 4) is 0 Å². The third kappa shape index (κ3) is 4.30. The lowest BCUT2D eigenvalue weighted by Gasteiger charge is -2.20. The van der Waals surface area contributed by atoms with Crippen LogP contribution < -0.4 is 5.73 Å². The minimum absolute atomic E-state index is 0.152. The number of nitrogens with two attached hydrogens (primary N) is 1. The van der Waals surface area contributed by atoms with Crippen LogP contribution >= 0.6 is 11.8 Å². The van der Waals surface area contributed by atoms with Crippen LogP contribution in [0.2, 0.25) is 0 Å². The Morgan fingerprint density at radius 2 is 1.89 bits per heavy atom. The summed E-state index contributed by atoms with van der Waals surface area (Å²) in [7, 11) is 0. The van der Waals surface area contributed by atoms with Gasteiger partial charge in [0.05, 0.1) is 6.10 Å². The molecule has 0 spiro atoms. The maximum atomic E-state index is 10.1. The molecule has 18 heavy (non-hydrogen) atoms. The molecule has 2 unspecified atom stereocenters. The fourth-order valence-corrected chi connectivity index (χ4v) is 3.82. The topological polar surface area (TPSA) is 46.2 Å². The van der Waals surface area contributed by atoms with E-state index in [2.05, 4.69) is 12.1 Å². The van der Waals surface area contributed by atoms with Crippen LogP contribution in [0.15, 0.2) is 30.3 Å². The molecule has 0 aromatic heterocycles. The van der Waals surface area contributed by atoms with Crippen LogP contribution in [0.1, 0.15) is 31.2 Å². The van der Waals surface area contributed by atoms with Crippen LogP contribution in [0.3, 0.4) is 0 Å². The standard InChI is InChI=1S/C15H23NOS/c16-14(10-12-6-2-1-3-7-12)15(17)11-18-13-8-4-5-9-13/h1-3,6-7,13-15,17H,4-5,8-11,16H2. The molecule has 2 nitrogen and oxygen atoms in total. The van der Waals surface area contributed by atoms with Gasteiger partial charge in [-0.25, -0.2) is 0 Å². The fraction of sp³-hybridized carbons (Fsp3) is 0.600. The first-order chi connectivity index (χ1) is 8.75. The Morgan fingerprint density at radius 1 is 1.22 bits per heavy atom. The molecule has 1 aromatic carbocycles. The van der Waals surface area contributed by atoms with Crippen molar-refractivity contribution in [2.45, 2.75) is 49.5 Å². The summed E-state index contributed by atoms with van der Waals surface area (Å²) in [5.41, 5.74) is 7.27. The lowest BCUT2D eigenvalue weighted by Crippen LogP contribution is -2.38. The minimum atomic E-state index is -0.393. The van der Waals surface area contributed by atoms with E-state index in [0.29, 0.717) is 0 Å². The quantitative estimate of drug-likeness (QED) is 0.831. The van der Waals surface area contributed by atoms with Crippen molar-refractivity contribution >= 4 is 11.8 Å². The Balaban J connectivity index is 1.72. The SMILES string of the molecule is NC(Cc1ccccc1)C(O)CSC1CCCC1. The highest BCUT2D eigenvalue weighted by Crippen LogP contribution is 2.29. The first-order valence-corrected chi connectivity index (χ1v) is 7.90. The molecule has 1 saturated carbocycles. The molecule has 0 bridgehead atoms. The Kier molecular flexibility index (Phi) is 5.54. The van der Waals surface area contributed by atoms with Gasteiger partial charge in [0.2, 0.25) is 0 Å². The number of thioether (sulfide) groups is 1. The molecule has 1 fully saturated rings. The Labute approximate surface area is 114 Å². The Morgan fingerprint density at radius 3 is 2.56 bits per heavy atom. The number of aliphatic hydroxyl groups is 1. The molecule has 2 rings (SSSR count). The number of hydrogen-bond donors (Lipinski definition) is 2. The first kappa shape index (κ1) is 13.9. The summed E-state index contributed by atoms with van der Waals surface area (Å²) in [6.45, 7) is 0. The van der Waals surface area contributed by atoms with Gasteiger partial charge < -0.3 is 10.8 Å². The van der Waals surface area contributed by atoms with Crippen LogP contribution in [-0.4, -0.2) is 28.3 Å². The van der Waals surface area contributed by atoms with Crippen LogP contribution in [0.4, 0.5) is 0 Å². The third-order valence-corrected chi connectivity index (χ3v) is 5.09. The number of aliphatic hydroxyl groups excluding tert-OH is 1. The lowest BCUT2D eigenvalue weighted by atomic mass is 10.0. The van der Waals surface area contributed by atoms with Gasteiger partial charge in [0.15, 0.2) is 0 Å². The number of hydrogen-bond acceptors (Lipinski definition) is 3. The predicted molar refractivity (Wildman–Crippen MR) is 78.8 cm³/mol. The normalized spacial score (nSPS) is 19.9. The molecule has 0 heterocycles. The summed E-state index contributed by atoms with van der Waals surface area (Å²) >= 11 is 1.90. The Bertz CT molecular complexity index is 338. The van der Waals surface area contributed by atoms with Crippen LogP contribution in [-0.2, 0) is 6.42 Å². The second kappa shape index (κ2) is 7.17. The average molecular weight is 265 g/mol. The fourth-order valence-electron chi connectivity index (χ4n) is 2.44. The van der Waals surface area contributed by atoms with Gasteiger partial charge in [-0.2, -0.15) is 11.8 Å². The highest BCUT2D eigenvalue weighted by molar-refractivity contribution is 7.99. The zero-order chi connectivity index (χ0) is 12.8. The monoisotopic (exact) mass is 265 g/mol. The smallest absolute Gasteiger partial charge is 0.0784 e. The minimum Gasteiger partial charge on any atom is -0.391 e. The van der Waals surface area contributed by atoms with Crippen molar-refractivity contribution in [3.63, 3.8) is 0 Å². The molecule has 1 aromatic rings. The van der Waals surface area contributed by atoms with Crippen molar-refractivity contribution in [2.24, 2.45) is 5.73 Å². The van der Waals surface area contributed by atoms with Gasteiger partial charge in [-0.1, -0.05) is 43.2 Å². The predicted octanol–water partition coefficient (Wildman–Crippen LogP) is 2.59. The van der Waals surface area contributed by atoms with E-state index in [-0.39, 0.29) is 6.04 Å². The molecule has 0 aliphatic heterocycles. The molecule has 2 atom stereocenters. The highest BCUT2D eigenvalue weighted by atomic mass is 32.2. The van der Waals surface area contributed by atoms with E-state index >= 15 is 0 Å². The van der Waals surface area contributed by atoms with Crippen molar-refractivity contribution in [2.75, 3.05) is 5.75 Å². The third-order valence-electron chi connectivity index (χ3n) is 3.61. The van der Waals surface area contributed by atoms with E-state index in [1.807, 2.05) is 30.0 Å². The second-order valence-corrected chi connectivity index (χ2v) is 6.49. The first-order valence-electron chi connectivity index (χ1n) is 6.85. The summed E-state index contributed by atoms with van der Waals surface area (Å²) in [4.78, 5) is 0. The van der Waals surface area contributed by atoms with Gasteiger partial charge in [-0.15, -0.1) is 0 Å². The summed E-state index contributed by atoms with van der Waals surface area (Å²) in [5, 5.41) is 10.8. The van der Waals surface area contributed by atoms with E-state index in [0.717, 1.165) is 17.4 Å².